The van der Waals surface area contributed by atoms with Gasteiger partial charge in [-0.25, -0.2) is 0 Å². The van der Waals surface area contributed by atoms with Gasteiger partial charge in [-0.15, -0.1) is 0 Å². The van der Waals surface area contributed by atoms with Gasteiger partial charge in [-0.2, -0.15) is 0 Å². The second-order valence-electron chi connectivity index (χ2n) is 6.93. The maximum absolute atomic E-state index is 2.42. The van der Waals surface area contributed by atoms with Crippen LogP contribution in [-0.2, 0) is 0 Å². The van der Waals surface area contributed by atoms with Crippen molar-refractivity contribution in [1.29, 1.82) is 0 Å². The molecule has 2 atom stereocenters. The molecule has 0 nitrogen and oxygen atoms in total. The fourth-order valence-electron chi connectivity index (χ4n) is 3.32. The molecule has 1 saturated carbocycles. The first-order valence-electron chi connectivity index (χ1n) is 9.76. The van der Waals surface area contributed by atoms with Gasteiger partial charge < -0.3 is 0 Å². The van der Waals surface area contributed by atoms with Crippen LogP contribution in [0.1, 0.15) is 118 Å². The van der Waals surface area contributed by atoms with E-state index in [1.807, 2.05) is 0 Å². The van der Waals surface area contributed by atoms with E-state index in [2.05, 4.69) is 27.7 Å². The Balaban J connectivity index is 0.000000361. The van der Waals surface area contributed by atoms with Crippen molar-refractivity contribution < 1.29 is 0 Å². The highest BCUT2D eigenvalue weighted by molar-refractivity contribution is 4.73. The first-order chi connectivity index (χ1) is 9.76. The lowest BCUT2D eigenvalue weighted by molar-refractivity contribution is 0.380. The summed E-state index contributed by atoms with van der Waals surface area (Å²) >= 11 is 0. The van der Waals surface area contributed by atoms with Gasteiger partial charge in [0.15, 0.2) is 0 Å². The molecule has 1 rings (SSSR count). The van der Waals surface area contributed by atoms with E-state index in [-0.39, 0.29) is 0 Å². The van der Waals surface area contributed by atoms with Gasteiger partial charge >= 0.3 is 0 Å². The van der Waals surface area contributed by atoms with Crippen molar-refractivity contribution >= 4 is 0 Å². The van der Waals surface area contributed by atoms with Gasteiger partial charge in [-0.05, 0) is 11.8 Å². The molecular weight excluding hydrogens is 240 g/mol. The lowest BCUT2D eigenvalue weighted by Gasteiger charge is -2.13. The lowest BCUT2D eigenvalue weighted by atomic mass is 9.93. The third-order valence-corrected chi connectivity index (χ3v) is 4.92. The molecule has 0 radical (unpaired) electrons. The zero-order chi connectivity index (χ0) is 15.1. The Morgan fingerprint density at radius 3 is 1.55 bits per heavy atom. The smallest absolute Gasteiger partial charge is 0.0388 e. The van der Waals surface area contributed by atoms with Crippen LogP contribution < -0.4 is 0 Å². The summed E-state index contributed by atoms with van der Waals surface area (Å²) in [6, 6.07) is 0. The van der Waals surface area contributed by atoms with Crippen molar-refractivity contribution in [3.63, 3.8) is 0 Å². The SMILES string of the molecule is CCCCC1CCCC1C.CCCCCCCCCC. The molecule has 0 aliphatic heterocycles. The summed E-state index contributed by atoms with van der Waals surface area (Å²) in [5.74, 6) is 2.12. The maximum Gasteiger partial charge on any atom is -0.0388 e. The van der Waals surface area contributed by atoms with Crippen molar-refractivity contribution in [3.05, 3.63) is 0 Å². The van der Waals surface area contributed by atoms with Crippen LogP contribution in [0.3, 0.4) is 0 Å². The Kier molecular flexibility index (Phi) is 15.4. The standard InChI is InChI=1S/C10H20.C10H22/c1-3-4-7-10-8-5-6-9(10)2;1-3-5-7-9-10-8-6-4-2/h9-10H,3-8H2,1-2H3;3-10H2,1-2H3. The molecule has 0 N–H and O–H groups in total. The van der Waals surface area contributed by atoms with Crippen molar-refractivity contribution in [1.82, 2.24) is 0 Å². The van der Waals surface area contributed by atoms with Crippen molar-refractivity contribution in [2.24, 2.45) is 11.8 Å². The minimum atomic E-state index is 1.03. The van der Waals surface area contributed by atoms with E-state index in [9.17, 15) is 0 Å². The summed E-state index contributed by atoms with van der Waals surface area (Å²) in [6.45, 7) is 9.25. The zero-order valence-corrected chi connectivity index (χ0v) is 15.1. The molecule has 20 heavy (non-hydrogen) atoms. The average molecular weight is 283 g/mol. The van der Waals surface area contributed by atoms with Gasteiger partial charge in [0, 0.05) is 0 Å². The summed E-state index contributed by atoms with van der Waals surface area (Å²) in [5, 5.41) is 0. The Bertz CT molecular complexity index is 165. The first kappa shape index (κ1) is 20.0. The van der Waals surface area contributed by atoms with Crippen LogP contribution in [0.15, 0.2) is 0 Å². The van der Waals surface area contributed by atoms with E-state index in [0.717, 1.165) is 11.8 Å². The second-order valence-corrected chi connectivity index (χ2v) is 6.93. The summed E-state index contributed by atoms with van der Waals surface area (Å²) < 4.78 is 0. The molecule has 0 amide bonds. The molecule has 0 saturated heterocycles. The number of hydrogen-bond donors (Lipinski definition) is 0. The van der Waals surface area contributed by atoms with Gasteiger partial charge in [0.2, 0.25) is 0 Å². The highest BCUT2D eigenvalue weighted by Crippen LogP contribution is 2.34. The Morgan fingerprint density at radius 2 is 1.15 bits per heavy atom. The fraction of sp³-hybridized carbons (Fsp3) is 1.00. The van der Waals surface area contributed by atoms with Crippen molar-refractivity contribution in [3.8, 4) is 0 Å². The molecule has 2 unspecified atom stereocenters. The van der Waals surface area contributed by atoms with Crippen LogP contribution in [-0.4, -0.2) is 0 Å². The molecule has 0 aromatic heterocycles. The van der Waals surface area contributed by atoms with Crippen LogP contribution >= 0.6 is 0 Å². The second kappa shape index (κ2) is 15.4. The topological polar surface area (TPSA) is 0 Å². The summed E-state index contributed by atoms with van der Waals surface area (Å²) in [7, 11) is 0. The molecule has 122 valence electrons. The third kappa shape index (κ3) is 11.8. The van der Waals surface area contributed by atoms with Crippen LogP contribution in [0, 0.1) is 11.8 Å². The van der Waals surface area contributed by atoms with Crippen LogP contribution in [0.2, 0.25) is 0 Å². The van der Waals surface area contributed by atoms with Crippen molar-refractivity contribution in [2.75, 3.05) is 0 Å². The van der Waals surface area contributed by atoms with Crippen LogP contribution in [0.25, 0.3) is 0 Å². The van der Waals surface area contributed by atoms with Crippen molar-refractivity contribution in [2.45, 2.75) is 118 Å². The lowest BCUT2D eigenvalue weighted by Crippen LogP contribution is -2.02. The molecule has 1 fully saturated rings. The first-order valence-corrected chi connectivity index (χ1v) is 9.76. The Morgan fingerprint density at radius 1 is 0.650 bits per heavy atom. The molecule has 0 spiro atoms. The molecule has 0 heterocycles. The van der Waals surface area contributed by atoms with Gasteiger partial charge in [-0.3, -0.25) is 0 Å². The average Bonchev–Trinajstić information content (AvgIpc) is 2.87. The largest absolute Gasteiger partial charge is 0.0654 e. The van der Waals surface area contributed by atoms with Gasteiger partial charge in [0.1, 0.15) is 0 Å². The van der Waals surface area contributed by atoms with E-state index < -0.39 is 0 Å². The van der Waals surface area contributed by atoms with Crippen LogP contribution in [0.5, 0.6) is 0 Å². The Hall–Kier alpha value is 0. The molecule has 0 heteroatoms. The normalized spacial score (nSPS) is 21.6. The highest BCUT2D eigenvalue weighted by atomic mass is 14.3. The van der Waals surface area contributed by atoms with Gasteiger partial charge in [-0.1, -0.05) is 118 Å². The minimum Gasteiger partial charge on any atom is -0.0654 e. The summed E-state index contributed by atoms with van der Waals surface area (Å²) in [5.41, 5.74) is 0. The summed E-state index contributed by atoms with van der Waals surface area (Å²) in [6.07, 6.45) is 20.3. The molecule has 0 aromatic rings. The Labute approximate surface area is 130 Å². The monoisotopic (exact) mass is 282 g/mol. The predicted octanol–water partition coefficient (Wildman–Crippen LogP) is 7.76. The molecular formula is C20H42. The zero-order valence-electron chi connectivity index (χ0n) is 15.1. The maximum atomic E-state index is 2.42. The predicted molar refractivity (Wildman–Crippen MR) is 94.3 cm³/mol. The van der Waals surface area contributed by atoms with Gasteiger partial charge in [0.05, 0.1) is 0 Å². The summed E-state index contributed by atoms with van der Waals surface area (Å²) in [4.78, 5) is 0. The quantitative estimate of drug-likeness (QED) is 0.359. The van der Waals surface area contributed by atoms with Crippen LogP contribution in [0.4, 0.5) is 0 Å². The molecule has 0 aromatic carbocycles. The van der Waals surface area contributed by atoms with E-state index >= 15 is 0 Å². The molecule has 1 aliphatic carbocycles. The molecule has 0 bridgehead atoms. The number of rotatable bonds is 10. The fourth-order valence-corrected chi connectivity index (χ4v) is 3.32. The van der Waals surface area contributed by atoms with E-state index in [1.165, 1.54) is 89.9 Å². The molecule has 1 aliphatic rings. The van der Waals surface area contributed by atoms with E-state index in [4.69, 9.17) is 0 Å². The third-order valence-electron chi connectivity index (χ3n) is 4.92. The number of unbranched alkanes of at least 4 members (excludes halogenated alkanes) is 8. The van der Waals surface area contributed by atoms with E-state index in [1.54, 1.807) is 0 Å². The van der Waals surface area contributed by atoms with Gasteiger partial charge in [0.25, 0.3) is 0 Å². The minimum absolute atomic E-state index is 1.03. The highest BCUT2D eigenvalue weighted by Gasteiger charge is 2.21. The number of hydrogen-bond acceptors (Lipinski definition) is 0. The van der Waals surface area contributed by atoms with E-state index in [0.29, 0.717) is 0 Å².